The predicted octanol–water partition coefficient (Wildman–Crippen LogP) is 2.34. The quantitative estimate of drug-likeness (QED) is 0.935. The van der Waals surface area contributed by atoms with Crippen molar-refractivity contribution in [3.05, 3.63) is 60.4 Å². The molecule has 108 valence electrons. The number of carbonyl (C=O) groups is 1. The Hall–Kier alpha value is -2.36. The van der Waals surface area contributed by atoms with E-state index in [-0.39, 0.29) is 5.91 Å². The molecule has 1 amide bonds. The highest BCUT2D eigenvalue weighted by Gasteiger charge is 2.25. The smallest absolute Gasteiger partial charge is 0.227 e. The van der Waals surface area contributed by atoms with Crippen molar-refractivity contribution in [1.29, 1.82) is 0 Å². The van der Waals surface area contributed by atoms with Gasteiger partial charge >= 0.3 is 0 Å². The highest BCUT2D eigenvalue weighted by atomic mass is 16.2. The maximum absolute atomic E-state index is 12.3. The van der Waals surface area contributed by atoms with Gasteiger partial charge in [-0.2, -0.15) is 0 Å². The number of pyridine rings is 1. The number of anilines is 1. The van der Waals surface area contributed by atoms with E-state index in [1.807, 2.05) is 53.6 Å². The van der Waals surface area contributed by atoms with Crippen molar-refractivity contribution in [2.24, 2.45) is 0 Å². The molecule has 4 heteroatoms. The molecule has 0 saturated carbocycles. The van der Waals surface area contributed by atoms with E-state index < -0.39 is 0 Å². The number of nitrogens with zero attached hydrogens (tertiary/aromatic N) is 2. The SMILES string of the molecule is O=C(Cc1ccccc1)N1CC[C@@H](Nc2cccnc2)C1. The summed E-state index contributed by atoms with van der Waals surface area (Å²) in [4.78, 5) is 18.3. The molecule has 1 fully saturated rings. The van der Waals surface area contributed by atoms with E-state index >= 15 is 0 Å². The second-order valence-electron chi connectivity index (χ2n) is 5.37. The summed E-state index contributed by atoms with van der Waals surface area (Å²) < 4.78 is 0. The molecule has 0 radical (unpaired) electrons. The Balaban J connectivity index is 1.53. The highest BCUT2D eigenvalue weighted by Crippen LogP contribution is 2.16. The molecule has 2 aromatic rings. The van der Waals surface area contributed by atoms with Crippen LogP contribution in [0.2, 0.25) is 0 Å². The lowest BCUT2D eigenvalue weighted by atomic mass is 10.1. The van der Waals surface area contributed by atoms with Gasteiger partial charge in [-0.3, -0.25) is 9.78 Å². The molecule has 1 atom stereocenters. The molecule has 0 aliphatic carbocycles. The Morgan fingerprint density at radius 2 is 2.10 bits per heavy atom. The largest absolute Gasteiger partial charge is 0.379 e. The van der Waals surface area contributed by atoms with Gasteiger partial charge in [0.1, 0.15) is 0 Å². The van der Waals surface area contributed by atoms with Crippen LogP contribution in [0.1, 0.15) is 12.0 Å². The number of aromatic nitrogens is 1. The summed E-state index contributed by atoms with van der Waals surface area (Å²) in [6, 6.07) is 14.1. The molecule has 0 unspecified atom stereocenters. The van der Waals surface area contributed by atoms with Gasteiger partial charge in [0, 0.05) is 31.5 Å². The molecule has 1 aliphatic rings. The van der Waals surface area contributed by atoms with Crippen molar-refractivity contribution < 1.29 is 4.79 Å². The van der Waals surface area contributed by atoms with Crippen molar-refractivity contribution >= 4 is 11.6 Å². The number of likely N-dealkylation sites (tertiary alicyclic amines) is 1. The Morgan fingerprint density at radius 3 is 2.86 bits per heavy atom. The summed E-state index contributed by atoms with van der Waals surface area (Å²) in [5.74, 6) is 0.205. The van der Waals surface area contributed by atoms with E-state index in [1.165, 1.54) is 0 Å². The van der Waals surface area contributed by atoms with Crippen LogP contribution in [0.3, 0.4) is 0 Å². The van der Waals surface area contributed by atoms with Crippen LogP contribution in [0.5, 0.6) is 0 Å². The number of rotatable bonds is 4. The first-order valence-electron chi connectivity index (χ1n) is 7.29. The van der Waals surface area contributed by atoms with Gasteiger partial charge in [0.25, 0.3) is 0 Å². The molecule has 1 aromatic heterocycles. The molecule has 4 nitrogen and oxygen atoms in total. The molecule has 1 N–H and O–H groups in total. The third-order valence-electron chi connectivity index (χ3n) is 3.77. The monoisotopic (exact) mass is 281 g/mol. The summed E-state index contributed by atoms with van der Waals surface area (Å²) >= 11 is 0. The predicted molar refractivity (Wildman–Crippen MR) is 83.0 cm³/mol. The zero-order chi connectivity index (χ0) is 14.5. The van der Waals surface area contributed by atoms with E-state index in [1.54, 1.807) is 6.20 Å². The van der Waals surface area contributed by atoms with Gasteiger partial charge in [0.2, 0.25) is 5.91 Å². The minimum Gasteiger partial charge on any atom is -0.379 e. The number of amides is 1. The number of nitrogens with one attached hydrogen (secondary N) is 1. The molecule has 21 heavy (non-hydrogen) atoms. The first kappa shape index (κ1) is 13.6. The summed E-state index contributed by atoms with van der Waals surface area (Å²) in [5, 5.41) is 3.43. The summed E-state index contributed by atoms with van der Waals surface area (Å²) in [6.07, 6.45) is 5.04. The molecule has 1 aromatic carbocycles. The fourth-order valence-corrected chi connectivity index (χ4v) is 2.67. The zero-order valence-electron chi connectivity index (χ0n) is 11.9. The summed E-state index contributed by atoms with van der Waals surface area (Å²) in [6.45, 7) is 1.59. The van der Waals surface area contributed by atoms with Gasteiger partial charge in [-0.1, -0.05) is 30.3 Å². The normalized spacial score (nSPS) is 17.7. The van der Waals surface area contributed by atoms with Crippen LogP contribution < -0.4 is 5.32 Å². The molecular formula is C17H19N3O. The fraction of sp³-hybridized carbons (Fsp3) is 0.294. The van der Waals surface area contributed by atoms with Gasteiger partial charge in [-0.05, 0) is 24.1 Å². The van der Waals surface area contributed by atoms with E-state index in [0.717, 1.165) is 30.8 Å². The van der Waals surface area contributed by atoms with Gasteiger partial charge in [-0.15, -0.1) is 0 Å². The lowest BCUT2D eigenvalue weighted by molar-refractivity contribution is -0.129. The van der Waals surface area contributed by atoms with Crippen LogP contribution in [-0.4, -0.2) is 34.9 Å². The van der Waals surface area contributed by atoms with E-state index in [9.17, 15) is 4.79 Å². The van der Waals surface area contributed by atoms with Crippen LogP contribution in [0, 0.1) is 0 Å². The highest BCUT2D eigenvalue weighted by molar-refractivity contribution is 5.79. The summed E-state index contributed by atoms with van der Waals surface area (Å²) in [5.41, 5.74) is 2.09. The Morgan fingerprint density at radius 1 is 1.24 bits per heavy atom. The molecule has 0 spiro atoms. The molecule has 1 saturated heterocycles. The average molecular weight is 281 g/mol. The number of carbonyl (C=O) groups excluding carboxylic acids is 1. The van der Waals surface area contributed by atoms with Crippen molar-refractivity contribution in [3.8, 4) is 0 Å². The maximum atomic E-state index is 12.3. The van der Waals surface area contributed by atoms with Gasteiger partial charge in [0.05, 0.1) is 12.1 Å². The minimum absolute atomic E-state index is 0.205. The third kappa shape index (κ3) is 3.60. The van der Waals surface area contributed by atoms with Crippen LogP contribution in [0.4, 0.5) is 5.69 Å². The van der Waals surface area contributed by atoms with Crippen LogP contribution in [-0.2, 0) is 11.2 Å². The average Bonchev–Trinajstić information content (AvgIpc) is 2.98. The van der Waals surface area contributed by atoms with Gasteiger partial charge in [-0.25, -0.2) is 0 Å². The topological polar surface area (TPSA) is 45.2 Å². The van der Waals surface area contributed by atoms with Gasteiger partial charge in [0.15, 0.2) is 0 Å². The first-order valence-corrected chi connectivity index (χ1v) is 7.29. The van der Waals surface area contributed by atoms with Gasteiger partial charge < -0.3 is 10.2 Å². The fourth-order valence-electron chi connectivity index (χ4n) is 2.67. The van der Waals surface area contributed by atoms with Crippen molar-refractivity contribution in [1.82, 2.24) is 9.88 Å². The van der Waals surface area contributed by atoms with Crippen LogP contribution in [0.15, 0.2) is 54.9 Å². The Kier molecular flexibility index (Phi) is 4.15. The molecule has 1 aliphatic heterocycles. The van der Waals surface area contributed by atoms with E-state index in [2.05, 4.69) is 10.3 Å². The second-order valence-corrected chi connectivity index (χ2v) is 5.37. The van der Waals surface area contributed by atoms with Crippen molar-refractivity contribution in [3.63, 3.8) is 0 Å². The molecule has 2 heterocycles. The van der Waals surface area contributed by atoms with Crippen LogP contribution in [0.25, 0.3) is 0 Å². The lowest BCUT2D eigenvalue weighted by Gasteiger charge is -2.17. The van der Waals surface area contributed by atoms with E-state index in [4.69, 9.17) is 0 Å². The molecule has 3 rings (SSSR count). The second kappa shape index (κ2) is 6.39. The Bertz CT molecular complexity index is 585. The lowest BCUT2D eigenvalue weighted by Crippen LogP contribution is -2.32. The maximum Gasteiger partial charge on any atom is 0.227 e. The first-order chi connectivity index (χ1) is 10.3. The molecular weight excluding hydrogens is 262 g/mol. The van der Waals surface area contributed by atoms with Crippen molar-refractivity contribution in [2.75, 3.05) is 18.4 Å². The zero-order valence-corrected chi connectivity index (χ0v) is 11.9. The minimum atomic E-state index is 0.205. The Labute approximate surface area is 124 Å². The number of hydrogen-bond donors (Lipinski definition) is 1. The molecule has 0 bridgehead atoms. The van der Waals surface area contributed by atoms with Crippen molar-refractivity contribution in [2.45, 2.75) is 18.9 Å². The standard InChI is InChI=1S/C17H19N3O/c21-17(11-14-5-2-1-3-6-14)20-10-8-16(13-20)19-15-7-4-9-18-12-15/h1-7,9,12,16,19H,8,10-11,13H2/t16-/m1/s1. The van der Waals surface area contributed by atoms with E-state index in [0.29, 0.717) is 12.5 Å². The number of benzene rings is 1. The summed E-state index contributed by atoms with van der Waals surface area (Å²) in [7, 11) is 0. The number of hydrogen-bond acceptors (Lipinski definition) is 3. The van der Waals surface area contributed by atoms with Crippen LogP contribution >= 0.6 is 0 Å². The third-order valence-corrected chi connectivity index (χ3v) is 3.77.